The van der Waals surface area contributed by atoms with Crippen LogP contribution in [0.25, 0.3) is 0 Å². The Balaban J connectivity index is 2.82. The number of rotatable bonds is 5. The highest BCUT2D eigenvalue weighted by Crippen LogP contribution is 2.10. The Morgan fingerprint density at radius 2 is 1.28 bits per heavy atom. The fourth-order valence-electron chi connectivity index (χ4n) is 2.44. The summed E-state index contributed by atoms with van der Waals surface area (Å²) in [5, 5.41) is 7.18. The highest BCUT2D eigenvalue weighted by Gasteiger charge is 2.16. The van der Waals surface area contributed by atoms with E-state index in [0.29, 0.717) is 0 Å². The number of guanidine groups is 1. The predicted octanol–water partition coefficient (Wildman–Crippen LogP) is 2.43. The van der Waals surface area contributed by atoms with E-state index in [4.69, 9.17) is 5.10 Å². The van der Waals surface area contributed by atoms with E-state index in [9.17, 15) is 0 Å². The van der Waals surface area contributed by atoms with Gasteiger partial charge in [0.15, 0.2) is 0 Å². The minimum Gasteiger partial charge on any atom is -0.342 e. The molecule has 1 rings (SSSR count). The van der Waals surface area contributed by atoms with E-state index in [1.807, 2.05) is 0 Å². The van der Waals surface area contributed by atoms with E-state index in [2.05, 4.69) is 42.5 Å². The van der Waals surface area contributed by atoms with Gasteiger partial charge in [-0.15, -0.1) is 5.10 Å². The van der Waals surface area contributed by atoms with Gasteiger partial charge in [-0.25, -0.2) is 0 Å². The zero-order valence-corrected chi connectivity index (χ0v) is 12.7. The second-order valence-electron chi connectivity index (χ2n) is 4.76. The normalized spacial score (nSPS) is 15.4. The Hall–Kier alpha value is -0.930. The number of nitrogens with zero attached hydrogens (tertiary/aromatic N) is 4. The van der Waals surface area contributed by atoms with Gasteiger partial charge in [-0.2, -0.15) is 0 Å². The van der Waals surface area contributed by atoms with Crippen LogP contribution in [-0.2, 0) is 0 Å². The van der Waals surface area contributed by atoms with Crippen molar-refractivity contribution in [2.45, 2.75) is 47.0 Å². The van der Waals surface area contributed by atoms with Crippen LogP contribution >= 0.6 is 0 Å². The first-order valence-electron chi connectivity index (χ1n) is 7.60. The van der Waals surface area contributed by atoms with Crippen LogP contribution in [0.5, 0.6) is 0 Å². The van der Waals surface area contributed by atoms with Crippen molar-refractivity contribution >= 4 is 5.96 Å². The van der Waals surface area contributed by atoms with Crippen molar-refractivity contribution in [2.75, 3.05) is 39.3 Å². The molecule has 4 nitrogen and oxygen atoms in total. The van der Waals surface area contributed by atoms with Crippen molar-refractivity contribution in [2.24, 2.45) is 5.10 Å². The molecule has 0 amide bonds. The Bertz CT molecular complexity index is 224. The Morgan fingerprint density at radius 3 is 1.67 bits per heavy atom. The molecule has 0 radical (unpaired) electrons. The van der Waals surface area contributed by atoms with Gasteiger partial charge >= 0.3 is 0 Å². The molecule has 0 aliphatic carbocycles. The molecule has 0 saturated carbocycles. The average molecular weight is 254 g/mol. The summed E-state index contributed by atoms with van der Waals surface area (Å²) in [6.45, 7) is 15.2. The average Bonchev–Trinajstić information content (AvgIpc) is 2.42. The third-order valence-corrected chi connectivity index (χ3v) is 3.66. The second-order valence-corrected chi connectivity index (χ2v) is 4.76. The van der Waals surface area contributed by atoms with E-state index >= 15 is 0 Å². The molecule has 18 heavy (non-hydrogen) atoms. The summed E-state index contributed by atoms with van der Waals surface area (Å²) >= 11 is 0. The first kappa shape index (κ1) is 15.1. The van der Waals surface area contributed by atoms with Crippen LogP contribution in [-0.4, -0.2) is 60.0 Å². The van der Waals surface area contributed by atoms with Crippen LogP contribution in [0.15, 0.2) is 5.10 Å². The minimum absolute atomic E-state index is 1.03. The summed E-state index contributed by atoms with van der Waals surface area (Å²) in [6, 6.07) is 0. The fourth-order valence-corrected chi connectivity index (χ4v) is 2.44. The third kappa shape index (κ3) is 4.07. The van der Waals surface area contributed by atoms with Crippen molar-refractivity contribution in [3.63, 3.8) is 0 Å². The summed E-state index contributed by atoms with van der Waals surface area (Å²) in [5.74, 6) is 1.16. The topological polar surface area (TPSA) is 22.1 Å². The smallest absolute Gasteiger partial charge is 0.219 e. The second kappa shape index (κ2) is 8.22. The van der Waals surface area contributed by atoms with Gasteiger partial charge in [0.2, 0.25) is 5.96 Å². The number of hydrazone groups is 1. The van der Waals surface area contributed by atoms with E-state index < -0.39 is 0 Å². The van der Waals surface area contributed by atoms with Gasteiger partial charge in [0, 0.05) is 39.3 Å². The fraction of sp³-hybridized carbons (Fsp3) is 0.929. The minimum atomic E-state index is 1.03. The summed E-state index contributed by atoms with van der Waals surface area (Å²) in [6.07, 6.45) is 3.93. The van der Waals surface area contributed by atoms with Crippen molar-refractivity contribution in [1.29, 1.82) is 0 Å². The molecule has 1 aliphatic heterocycles. The molecule has 106 valence electrons. The molecular weight excluding hydrogens is 224 g/mol. The Kier molecular flexibility index (Phi) is 6.91. The molecule has 1 saturated heterocycles. The van der Waals surface area contributed by atoms with Gasteiger partial charge in [0.05, 0.1) is 0 Å². The van der Waals surface area contributed by atoms with Crippen LogP contribution in [0, 0.1) is 0 Å². The van der Waals surface area contributed by atoms with Crippen LogP contribution < -0.4 is 0 Å². The number of hydrogen-bond acceptors (Lipinski definition) is 2. The van der Waals surface area contributed by atoms with Crippen molar-refractivity contribution in [3.05, 3.63) is 0 Å². The number of piperidine rings is 1. The SMILES string of the molecule is CCN(CC)C(=NN1CCCCC1)N(CC)CC. The van der Waals surface area contributed by atoms with Gasteiger partial charge in [-0.3, -0.25) is 5.01 Å². The Morgan fingerprint density at radius 1 is 0.833 bits per heavy atom. The van der Waals surface area contributed by atoms with Crippen molar-refractivity contribution in [1.82, 2.24) is 14.8 Å². The van der Waals surface area contributed by atoms with Crippen LogP contribution in [0.1, 0.15) is 47.0 Å². The first-order valence-corrected chi connectivity index (χ1v) is 7.60. The van der Waals surface area contributed by atoms with Gasteiger partial charge in [0.1, 0.15) is 0 Å². The zero-order valence-electron chi connectivity index (χ0n) is 12.7. The van der Waals surface area contributed by atoms with Crippen LogP contribution in [0.2, 0.25) is 0 Å². The molecule has 1 fully saturated rings. The van der Waals surface area contributed by atoms with E-state index in [0.717, 1.165) is 45.2 Å². The largest absolute Gasteiger partial charge is 0.342 e. The standard InChI is InChI=1S/C14H30N4/c1-5-16(6-2)14(17(7-3)8-4)15-18-12-10-9-11-13-18/h5-13H2,1-4H3. The van der Waals surface area contributed by atoms with Crippen molar-refractivity contribution in [3.8, 4) is 0 Å². The molecule has 0 aromatic heterocycles. The molecule has 0 atom stereocenters. The van der Waals surface area contributed by atoms with Crippen molar-refractivity contribution < 1.29 is 0 Å². The highest BCUT2D eigenvalue weighted by atomic mass is 15.5. The maximum atomic E-state index is 4.92. The molecule has 0 aromatic rings. The molecule has 0 N–H and O–H groups in total. The molecule has 0 unspecified atom stereocenters. The lowest BCUT2D eigenvalue weighted by atomic mass is 10.2. The summed E-state index contributed by atoms with van der Waals surface area (Å²) in [5.41, 5.74) is 0. The van der Waals surface area contributed by atoms with Crippen LogP contribution in [0.4, 0.5) is 0 Å². The summed E-state index contributed by atoms with van der Waals surface area (Å²) in [4.78, 5) is 4.73. The maximum Gasteiger partial charge on any atom is 0.219 e. The molecule has 4 heteroatoms. The van der Waals surface area contributed by atoms with Gasteiger partial charge in [0.25, 0.3) is 0 Å². The van der Waals surface area contributed by atoms with E-state index in [-0.39, 0.29) is 0 Å². The lowest BCUT2D eigenvalue weighted by Crippen LogP contribution is -2.46. The lowest BCUT2D eigenvalue weighted by molar-refractivity contribution is 0.222. The molecule has 0 aromatic carbocycles. The summed E-state index contributed by atoms with van der Waals surface area (Å²) in [7, 11) is 0. The van der Waals surface area contributed by atoms with Gasteiger partial charge in [-0.1, -0.05) is 0 Å². The Labute approximate surface area is 113 Å². The maximum absolute atomic E-state index is 4.92. The monoisotopic (exact) mass is 254 g/mol. The zero-order chi connectivity index (χ0) is 13.4. The third-order valence-electron chi connectivity index (χ3n) is 3.66. The first-order chi connectivity index (χ1) is 8.76. The lowest BCUT2D eigenvalue weighted by Gasteiger charge is -2.34. The van der Waals surface area contributed by atoms with E-state index in [1.165, 1.54) is 19.3 Å². The van der Waals surface area contributed by atoms with E-state index in [1.54, 1.807) is 0 Å². The number of hydrogen-bond donors (Lipinski definition) is 0. The van der Waals surface area contributed by atoms with Gasteiger partial charge < -0.3 is 9.80 Å². The molecule has 1 heterocycles. The molecule has 0 bridgehead atoms. The van der Waals surface area contributed by atoms with Gasteiger partial charge in [-0.05, 0) is 47.0 Å². The summed E-state index contributed by atoms with van der Waals surface area (Å²) < 4.78 is 0. The van der Waals surface area contributed by atoms with Crippen LogP contribution in [0.3, 0.4) is 0 Å². The predicted molar refractivity (Wildman–Crippen MR) is 78.7 cm³/mol. The highest BCUT2D eigenvalue weighted by molar-refractivity contribution is 5.79. The molecule has 1 aliphatic rings. The molecular formula is C14H30N4. The molecule has 0 spiro atoms. The quantitative estimate of drug-likeness (QED) is 0.556.